The fourth-order valence-corrected chi connectivity index (χ4v) is 1.58. The molecule has 0 unspecified atom stereocenters. The van der Waals surface area contributed by atoms with E-state index in [1.165, 1.54) is 6.20 Å². The summed E-state index contributed by atoms with van der Waals surface area (Å²) in [5, 5.41) is 0. The van der Waals surface area contributed by atoms with Gasteiger partial charge in [0.25, 0.3) is 0 Å². The molecule has 0 fully saturated rings. The van der Waals surface area contributed by atoms with Gasteiger partial charge in [-0.3, -0.25) is 9.78 Å². The van der Waals surface area contributed by atoms with E-state index in [2.05, 4.69) is 4.98 Å². The topological polar surface area (TPSA) is 68.5 Å². The minimum atomic E-state index is -0.109. The maximum atomic E-state index is 12.0. The van der Waals surface area contributed by atoms with Gasteiger partial charge in [0, 0.05) is 18.7 Å². The standard InChI is InChI=1S/C15H23N3O2/c1-11(2)15(19)13(9-16)14-6-5-12(10-17-14)20-8-7-18(3)4/h5-6,9-11H,7-8,16H2,1-4H3. The predicted octanol–water partition coefficient (Wildman–Crippen LogP) is 1.55. The third kappa shape index (κ3) is 4.66. The molecular weight excluding hydrogens is 254 g/mol. The van der Waals surface area contributed by atoms with E-state index < -0.39 is 0 Å². The summed E-state index contributed by atoms with van der Waals surface area (Å²) < 4.78 is 5.55. The average molecular weight is 277 g/mol. The minimum absolute atomic E-state index is 0.0127. The van der Waals surface area contributed by atoms with Crippen LogP contribution in [-0.2, 0) is 4.79 Å². The van der Waals surface area contributed by atoms with Gasteiger partial charge in [-0.2, -0.15) is 0 Å². The van der Waals surface area contributed by atoms with E-state index in [1.807, 2.05) is 32.8 Å². The Morgan fingerprint density at radius 1 is 1.45 bits per heavy atom. The summed E-state index contributed by atoms with van der Waals surface area (Å²) in [5.74, 6) is 0.563. The molecule has 5 nitrogen and oxygen atoms in total. The zero-order chi connectivity index (χ0) is 15.1. The summed E-state index contributed by atoms with van der Waals surface area (Å²) in [6.07, 6.45) is 2.93. The van der Waals surface area contributed by atoms with E-state index in [0.717, 1.165) is 6.54 Å². The Hall–Kier alpha value is -1.88. The van der Waals surface area contributed by atoms with Crippen molar-refractivity contribution in [1.82, 2.24) is 9.88 Å². The third-order valence-electron chi connectivity index (χ3n) is 2.78. The second-order valence-corrected chi connectivity index (χ2v) is 5.13. The van der Waals surface area contributed by atoms with Crippen molar-refractivity contribution < 1.29 is 9.53 Å². The van der Waals surface area contributed by atoms with Crippen molar-refractivity contribution in [2.75, 3.05) is 27.2 Å². The molecule has 5 heteroatoms. The molecule has 0 aromatic carbocycles. The zero-order valence-electron chi connectivity index (χ0n) is 12.6. The summed E-state index contributed by atoms with van der Waals surface area (Å²) in [4.78, 5) is 18.3. The highest BCUT2D eigenvalue weighted by molar-refractivity contribution is 6.20. The molecule has 0 amide bonds. The summed E-state index contributed by atoms with van der Waals surface area (Å²) >= 11 is 0. The molecule has 0 aliphatic carbocycles. The molecule has 1 rings (SSSR count). The quantitative estimate of drug-likeness (QED) is 0.766. The number of allylic oxidation sites excluding steroid dienone is 1. The molecule has 0 saturated heterocycles. The largest absolute Gasteiger partial charge is 0.491 e. The van der Waals surface area contributed by atoms with Gasteiger partial charge >= 0.3 is 0 Å². The van der Waals surface area contributed by atoms with Crippen LogP contribution < -0.4 is 10.5 Å². The van der Waals surface area contributed by atoms with Crippen LogP contribution in [0.2, 0.25) is 0 Å². The lowest BCUT2D eigenvalue weighted by molar-refractivity contribution is -0.116. The van der Waals surface area contributed by atoms with Gasteiger partial charge in [0.15, 0.2) is 5.78 Å². The van der Waals surface area contributed by atoms with Crippen molar-refractivity contribution in [1.29, 1.82) is 0 Å². The van der Waals surface area contributed by atoms with Gasteiger partial charge in [0.2, 0.25) is 0 Å². The molecule has 0 aliphatic rings. The van der Waals surface area contributed by atoms with Crippen molar-refractivity contribution in [2.24, 2.45) is 11.7 Å². The number of carbonyl (C=O) groups excluding carboxylic acids is 1. The van der Waals surface area contributed by atoms with Gasteiger partial charge in [-0.1, -0.05) is 13.8 Å². The molecule has 1 aromatic rings. The van der Waals surface area contributed by atoms with Crippen LogP contribution in [0.3, 0.4) is 0 Å². The zero-order valence-corrected chi connectivity index (χ0v) is 12.6. The molecule has 20 heavy (non-hydrogen) atoms. The van der Waals surface area contributed by atoms with Gasteiger partial charge in [0.1, 0.15) is 12.4 Å². The van der Waals surface area contributed by atoms with Crippen LogP contribution in [0.25, 0.3) is 5.57 Å². The van der Waals surface area contributed by atoms with Gasteiger partial charge < -0.3 is 15.4 Å². The molecular formula is C15H23N3O2. The summed E-state index contributed by atoms with van der Waals surface area (Å²) in [6.45, 7) is 5.11. The smallest absolute Gasteiger partial charge is 0.169 e. The van der Waals surface area contributed by atoms with E-state index in [0.29, 0.717) is 23.6 Å². The number of nitrogens with zero attached hydrogens (tertiary/aromatic N) is 2. The molecule has 110 valence electrons. The number of Topliss-reactive ketones (excluding diaryl/α,β-unsaturated/α-hetero) is 1. The Bertz CT molecular complexity index is 465. The highest BCUT2D eigenvalue weighted by Gasteiger charge is 2.16. The molecule has 1 heterocycles. The first-order chi connectivity index (χ1) is 9.45. The van der Waals surface area contributed by atoms with Gasteiger partial charge in [-0.15, -0.1) is 0 Å². The Morgan fingerprint density at radius 3 is 2.60 bits per heavy atom. The highest BCUT2D eigenvalue weighted by atomic mass is 16.5. The number of ether oxygens (including phenoxy) is 1. The minimum Gasteiger partial charge on any atom is -0.491 e. The number of ketones is 1. The number of hydrogen-bond donors (Lipinski definition) is 1. The summed E-state index contributed by atoms with van der Waals surface area (Å²) in [5.41, 5.74) is 6.55. The van der Waals surface area contributed by atoms with Crippen LogP contribution in [0.5, 0.6) is 5.75 Å². The second-order valence-electron chi connectivity index (χ2n) is 5.13. The summed E-state index contributed by atoms with van der Waals surface area (Å²) in [6, 6.07) is 3.55. The van der Waals surface area contributed by atoms with Gasteiger partial charge in [0.05, 0.1) is 17.5 Å². The number of rotatable bonds is 7. The lowest BCUT2D eigenvalue weighted by atomic mass is 9.99. The molecule has 0 radical (unpaired) electrons. The fraction of sp³-hybridized carbons (Fsp3) is 0.467. The number of likely N-dealkylation sites (N-methyl/N-ethyl adjacent to an activating group) is 1. The molecule has 2 N–H and O–H groups in total. The second kappa shape index (κ2) is 7.65. The number of carbonyl (C=O) groups is 1. The molecule has 0 spiro atoms. The van der Waals surface area contributed by atoms with E-state index in [9.17, 15) is 4.79 Å². The molecule has 0 saturated carbocycles. The van der Waals surface area contributed by atoms with Gasteiger partial charge in [-0.05, 0) is 26.2 Å². The lowest BCUT2D eigenvalue weighted by Crippen LogP contribution is -2.19. The van der Waals surface area contributed by atoms with Crippen LogP contribution in [-0.4, -0.2) is 42.9 Å². The Labute approximate surface area is 120 Å². The van der Waals surface area contributed by atoms with E-state index >= 15 is 0 Å². The summed E-state index contributed by atoms with van der Waals surface area (Å²) in [7, 11) is 3.97. The van der Waals surface area contributed by atoms with Gasteiger partial charge in [-0.25, -0.2) is 0 Å². The van der Waals surface area contributed by atoms with Crippen LogP contribution in [0, 0.1) is 5.92 Å². The number of hydrogen-bond acceptors (Lipinski definition) is 5. The maximum absolute atomic E-state index is 12.0. The molecule has 0 bridgehead atoms. The number of nitrogens with two attached hydrogens (primary N) is 1. The normalized spacial score (nSPS) is 12.0. The Kier molecular flexibility index (Phi) is 6.18. The molecule has 1 aromatic heterocycles. The van der Waals surface area contributed by atoms with Crippen LogP contribution in [0.15, 0.2) is 24.5 Å². The van der Waals surface area contributed by atoms with Crippen molar-refractivity contribution in [3.63, 3.8) is 0 Å². The fourth-order valence-electron chi connectivity index (χ4n) is 1.58. The SMILES string of the molecule is CC(C)C(=O)C(=CN)c1ccc(OCCN(C)C)cn1. The molecule has 0 aliphatic heterocycles. The Balaban J connectivity index is 2.72. The van der Waals surface area contributed by atoms with Crippen molar-refractivity contribution in [2.45, 2.75) is 13.8 Å². The monoisotopic (exact) mass is 277 g/mol. The molecule has 0 atom stereocenters. The first kappa shape index (κ1) is 16.2. The third-order valence-corrected chi connectivity index (χ3v) is 2.78. The highest BCUT2D eigenvalue weighted by Crippen LogP contribution is 2.18. The lowest BCUT2D eigenvalue weighted by Gasteiger charge is -2.12. The predicted molar refractivity (Wildman–Crippen MR) is 80.3 cm³/mol. The van der Waals surface area contributed by atoms with Crippen molar-refractivity contribution >= 4 is 11.4 Å². The maximum Gasteiger partial charge on any atom is 0.169 e. The van der Waals surface area contributed by atoms with E-state index in [4.69, 9.17) is 10.5 Å². The van der Waals surface area contributed by atoms with E-state index in [-0.39, 0.29) is 11.7 Å². The van der Waals surface area contributed by atoms with Crippen LogP contribution in [0.4, 0.5) is 0 Å². The van der Waals surface area contributed by atoms with Crippen LogP contribution in [0.1, 0.15) is 19.5 Å². The first-order valence-electron chi connectivity index (χ1n) is 6.65. The van der Waals surface area contributed by atoms with E-state index in [1.54, 1.807) is 18.3 Å². The van der Waals surface area contributed by atoms with Crippen LogP contribution >= 0.6 is 0 Å². The van der Waals surface area contributed by atoms with Crippen molar-refractivity contribution in [3.05, 3.63) is 30.2 Å². The average Bonchev–Trinajstić information content (AvgIpc) is 2.40. The number of aromatic nitrogens is 1. The number of pyridine rings is 1. The van der Waals surface area contributed by atoms with Crippen molar-refractivity contribution in [3.8, 4) is 5.75 Å². The Morgan fingerprint density at radius 2 is 2.15 bits per heavy atom. The first-order valence-corrected chi connectivity index (χ1v) is 6.65.